The topological polar surface area (TPSA) is 54.5 Å². The molecule has 0 fully saturated rings. The predicted octanol–water partition coefficient (Wildman–Crippen LogP) is 3.64. The summed E-state index contributed by atoms with van der Waals surface area (Å²) in [6, 6.07) is 8.05. The van der Waals surface area contributed by atoms with Crippen LogP contribution in [0, 0.1) is 0 Å². The van der Waals surface area contributed by atoms with Gasteiger partial charge < -0.3 is 0 Å². The van der Waals surface area contributed by atoms with Gasteiger partial charge in [0.1, 0.15) is 0 Å². The molecule has 0 radical (unpaired) electrons. The Labute approximate surface area is 137 Å². The first kappa shape index (κ1) is 14.4. The Balaban J connectivity index is 1.87. The molecule has 1 aliphatic rings. The third-order valence-electron chi connectivity index (χ3n) is 3.08. The van der Waals surface area contributed by atoms with Crippen molar-refractivity contribution in [3.63, 3.8) is 0 Å². The van der Waals surface area contributed by atoms with Crippen LogP contribution in [0.5, 0.6) is 0 Å². The number of imide groups is 1. The zero-order valence-electron chi connectivity index (χ0n) is 10.4. The number of benzene rings is 1. The van der Waals surface area contributed by atoms with Gasteiger partial charge in [-0.25, -0.2) is 0 Å². The van der Waals surface area contributed by atoms with Gasteiger partial charge in [0, 0.05) is 4.47 Å². The lowest BCUT2D eigenvalue weighted by molar-refractivity contribution is 0.0625. The van der Waals surface area contributed by atoms with Crippen LogP contribution in [0.3, 0.4) is 0 Å². The summed E-state index contributed by atoms with van der Waals surface area (Å²) in [4.78, 5) is 38.0. The summed E-state index contributed by atoms with van der Waals surface area (Å²) in [7, 11) is 0. The van der Waals surface area contributed by atoms with Crippen LogP contribution >= 0.6 is 38.9 Å². The molecule has 1 aliphatic heterocycles. The minimum atomic E-state index is -0.452. The molecule has 21 heavy (non-hydrogen) atoms. The Morgan fingerprint density at radius 2 is 1.86 bits per heavy atom. The van der Waals surface area contributed by atoms with E-state index in [0.717, 1.165) is 16.2 Å². The SMILES string of the molecule is O=C(CN1C(=O)c2ccc(Br)cc2C1=O)c1ccc(Cl)s1. The first-order valence-corrected chi connectivity index (χ1v) is 7.90. The molecule has 106 valence electrons. The highest BCUT2D eigenvalue weighted by Gasteiger charge is 2.36. The summed E-state index contributed by atoms with van der Waals surface area (Å²) >= 11 is 10.2. The number of hydrogen-bond donors (Lipinski definition) is 0. The molecular weight excluding hydrogens is 378 g/mol. The molecule has 1 aromatic heterocycles. The molecule has 7 heteroatoms. The van der Waals surface area contributed by atoms with Gasteiger partial charge in [-0.05, 0) is 30.3 Å². The Morgan fingerprint density at radius 3 is 2.52 bits per heavy atom. The Hall–Kier alpha value is -1.50. The first-order chi connectivity index (χ1) is 9.97. The second kappa shape index (κ2) is 5.36. The molecule has 2 heterocycles. The van der Waals surface area contributed by atoms with E-state index in [9.17, 15) is 14.4 Å². The van der Waals surface area contributed by atoms with Crippen LogP contribution in [0.2, 0.25) is 4.34 Å². The van der Waals surface area contributed by atoms with Gasteiger partial charge in [-0.2, -0.15) is 0 Å². The molecule has 0 saturated carbocycles. The molecule has 0 spiro atoms. The van der Waals surface area contributed by atoms with E-state index in [1.165, 1.54) is 0 Å². The van der Waals surface area contributed by atoms with E-state index in [0.29, 0.717) is 24.8 Å². The third-order valence-corrected chi connectivity index (χ3v) is 4.85. The van der Waals surface area contributed by atoms with Crippen molar-refractivity contribution in [2.45, 2.75) is 0 Å². The molecule has 2 amide bonds. The van der Waals surface area contributed by atoms with Gasteiger partial charge in [0.05, 0.1) is 26.9 Å². The van der Waals surface area contributed by atoms with Gasteiger partial charge in [-0.15, -0.1) is 11.3 Å². The fourth-order valence-corrected chi connectivity index (χ4v) is 3.43. The average molecular weight is 385 g/mol. The monoisotopic (exact) mass is 383 g/mol. The number of thiophene rings is 1. The normalized spacial score (nSPS) is 13.7. The van der Waals surface area contributed by atoms with Crippen molar-refractivity contribution in [3.05, 3.63) is 55.1 Å². The predicted molar refractivity (Wildman–Crippen MR) is 83.2 cm³/mol. The Kier molecular flexibility index (Phi) is 3.69. The van der Waals surface area contributed by atoms with Crippen molar-refractivity contribution in [3.8, 4) is 0 Å². The highest BCUT2D eigenvalue weighted by atomic mass is 79.9. The number of carbonyl (C=O) groups is 3. The quantitative estimate of drug-likeness (QED) is 0.600. The molecular formula is C14H7BrClNO3S. The van der Waals surface area contributed by atoms with Crippen LogP contribution in [0.4, 0.5) is 0 Å². The number of fused-ring (bicyclic) bond motifs is 1. The largest absolute Gasteiger partial charge is 0.291 e. The summed E-state index contributed by atoms with van der Waals surface area (Å²) in [6.07, 6.45) is 0. The van der Waals surface area contributed by atoms with Gasteiger partial charge >= 0.3 is 0 Å². The zero-order chi connectivity index (χ0) is 15.1. The fraction of sp³-hybridized carbons (Fsp3) is 0.0714. The molecule has 0 atom stereocenters. The number of nitrogens with zero attached hydrogens (tertiary/aromatic N) is 1. The summed E-state index contributed by atoms with van der Waals surface area (Å²) in [5.74, 6) is -1.20. The molecule has 1 aromatic carbocycles. The number of rotatable bonds is 3. The Morgan fingerprint density at radius 1 is 1.14 bits per heavy atom. The zero-order valence-corrected chi connectivity index (χ0v) is 13.6. The van der Waals surface area contributed by atoms with Crippen molar-refractivity contribution in [1.82, 2.24) is 4.90 Å². The van der Waals surface area contributed by atoms with Gasteiger partial charge in [-0.3, -0.25) is 19.3 Å². The van der Waals surface area contributed by atoms with Crippen molar-refractivity contribution < 1.29 is 14.4 Å². The standard InChI is InChI=1S/C14H7BrClNO3S/c15-7-1-2-8-9(5-7)14(20)17(13(8)19)6-10(18)11-3-4-12(16)21-11/h1-5H,6H2. The Bertz CT molecular complexity index is 786. The van der Waals surface area contributed by atoms with Crippen molar-refractivity contribution in [2.24, 2.45) is 0 Å². The minimum Gasteiger partial charge on any atom is -0.291 e. The van der Waals surface area contributed by atoms with Gasteiger partial charge in [-0.1, -0.05) is 27.5 Å². The lowest BCUT2D eigenvalue weighted by atomic mass is 10.1. The van der Waals surface area contributed by atoms with Crippen molar-refractivity contribution in [1.29, 1.82) is 0 Å². The van der Waals surface area contributed by atoms with Crippen molar-refractivity contribution >= 4 is 56.5 Å². The van der Waals surface area contributed by atoms with Crippen LogP contribution in [-0.4, -0.2) is 29.0 Å². The summed E-state index contributed by atoms with van der Waals surface area (Å²) in [5.41, 5.74) is 0.631. The summed E-state index contributed by atoms with van der Waals surface area (Å²) in [6.45, 7) is -0.277. The maximum Gasteiger partial charge on any atom is 0.262 e. The second-order valence-electron chi connectivity index (χ2n) is 4.41. The number of halogens is 2. The van der Waals surface area contributed by atoms with E-state index in [4.69, 9.17) is 11.6 Å². The van der Waals surface area contributed by atoms with Crippen LogP contribution < -0.4 is 0 Å². The fourth-order valence-electron chi connectivity index (χ4n) is 2.09. The van der Waals surface area contributed by atoms with E-state index in [1.54, 1.807) is 30.3 Å². The molecule has 0 unspecified atom stereocenters. The molecule has 0 bridgehead atoms. The van der Waals surface area contributed by atoms with Crippen LogP contribution in [0.15, 0.2) is 34.8 Å². The molecule has 3 rings (SSSR count). The maximum atomic E-state index is 12.2. The number of carbonyl (C=O) groups excluding carboxylic acids is 3. The first-order valence-electron chi connectivity index (χ1n) is 5.91. The third kappa shape index (κ3) is 2.54. The lowest BCUT2D eigenvalue weighted by Crippen LogP contribution is -2.34. The number of hydrogen-bond acceptors (Lipinski definition) is 4. The lowest BCUT2D eigenvalue weighted by Gasteiger charge is -2.11. The average Bonchev–Trinajstić information content (AvgIpc) is 2.97. The second-order valence-corrected chi connectivity index (χ2v) is 7.04. The molecule has 0 saturated heterocycles. The maximum absolute atomic E-state index is 12.2. The molecule has 0 N–H and O–H groups in total. The number of amides is 2. The highest BCUT2D eigenvalue weighted by molar-refractivity contribution is 9.10. The van der Waals surface area contributed by atoms with Gasteiger partial charge in [0.15, 0.2) is 5.78 Å². The number of Topliss-reactive ketones (excluding diaryl/α,β-unsaturated/α-hetero) is 1. The minimum absolute atomic E-state index is 0.277. The van der Waals surface area contributed by atoms with E-state index in [-0.39, 0.29) is 12.3 Å². The smallest absolute Gasteiger partial charge is 0.262 e. The molecule has 2 aromatic rings. The van der Waals surface area contributed by atoms with Gasteiger partial charge in [0.25, 0.3) is 11.8 Å². The van der Waals surface area contributed by atoms with E-state index < -0.39 is 11.8 Å². The van der Waals surface area contributed by atoms with E-state index >= 15 is 0 Å². The van der Waals surface area contributed by atoms with Crippen LogP contribution in [0.25, 0.3) is 0 Å². The van der Waals surface area contributed by atoms with Crippen LogP contribution in [-0.2, 0) is 0 Å². The van der Waals surface area contributed by atoms with Gasteiger partial charge in [0.2, 0.25) is 0 Å². The summed E-state index contributed by atoms with van der Waals surface area (Å²) < 4.78 is 1.20. The van der Waals surface area contributed by atoms with E-state index in [1.807, 2.05) is 0 Å². The molecule has 0 aliphatic carbocycles. The van der Waals surface area contributed by atoms with Crippen LogP contribution in [0.1, 0.15) is 30.4 Å². The molecule has 4 nitrogen and oxygen atoms in total. The van der Waals surface area contributed by atoms with Crippen molar-refractivity contribution in [2.75, 3.05) is 6.54 Å². The highest BCUT2D eigenvalue weighted by Crippen LogP contribution is 2.27. The van der Waals surface area contributed by atoms with E-state index in [2.05, 4.69) is 15.9 Å². The number of ketones is 1. The summed E-state index contributed by atoms with van der Waals surface area (Å²) in [5, 5.41) is 0.